The van der Waals surface area contributed by atoms with E-state index in [1.54, 1.807) is 0 Å². The van der Waals surface area contributed by atoms with Crippen molar-refractivity contribution in [3.63, 3.8) is 0 Å². The van der Waals surface area contributed by atoms with Gasteiger partial charge in [0.1, 0.15) is 22.7 Å². The number of piperidine rings is 1. The van der Waals surface area contributed by atoms with Gasteiger partial charge in [0.2, 0.25) is 5.88 Å². The first-order valence-electron chi connectivity index (χ1n) is 13.6. The molecule has 0 N–H and O–H groups in total. The molecule has 9 nitrogen and oxygen atoms in total. The van der Waals surface area contributed by atoms with Gasteiger partial charge < -0.3 is 14.4 Å². The van der Waals surface area contributed by atoms with Crippen LogP contribution < -0.4 is 4.74 Å². The van der Waals surface area contributed by atoms with Crippen molar-refractivity contribution in [2.24, 2.45) is 11.3 Å². The van der Waals surface area contributed by atoms with Crippen molar-refractivity contribution in [2.45, 2.75) is 65.1 Å². The van der Waals surface area contributed by atoms with Gasteiger partial charge in [-0.1, -0.05) is 5.21 Å². The summed E-state index contributed by atoms with van der Waals surface area (Å²) in [5, 5.41) is 8.68. The summed E-state index contributed by atoms with van der Waals surface area (Å²) in [6.07, 6.45) is 5.41. The molecule has 0 unspecified atom stereocenters. The van der Waals surface area contributed by atoms with E-state index in [0.717, 1.165) is 50.1 Å². The average molecular weight is 602 g/mol. The monoisotopic (exact) mass is 600 g/mol. The highest BCUT2D eigenvalue weighted by Gasteiger charge is 2.47. The number of benzene rings is 1. The van der Waals surface area contributed by atoms with E-state index in [0.29, 0.717) is 40.7 Å². The van der Waals surface area contributed by atoms with Crippen LogP contribution in [0.5, 0.6) is 11.6 Å². The van der Waals surface area contributed by atoms with Gasteiger partial charge in [0, 0.05) is 50.2 Å². The standard InChI is InChI=1S/C28H34BrFN6O3/c1-27(2,3)39-26(37)35-10-4-9-28(17-35)15-34(16-28)14-19-11-20(30)12-31-25(19)38-22-8-7-21-24(23(22)29)32-33-36(21)13-18-5-6-18/h7-8,11-12,18H,4-6,9-10,13-17H2,1-3H3. The topological polar surface area (TPSA) is 85.6 Å². The van der Waals surface area contributed by atoms with E-state index in [4.69, 9.17) is 9.47 Å². The Kier molecular flexibility index (Phi) is 6.77. The van der Waals surface area contributed by atoms with Gasteiger partial charge in [-0.15, -0.1) is 5.10 Å². The average Bonchev–Trinajstić information content (AvgIpc) is 3.58. The molecule has 0 atom stereocenters. The quantitative estimate of drug-likeness (QED) is 0.355. The molecule has 3 fully saturated rings. The van der Waals surface area contributed by atoms with Crippen molar-refractivity contribution in [3.8, 4) is 11.6 Å². The van der Waals surface area contributed by atoms with Crippen LogP contribution in [0.2, 0.25) is 0 Å². The van der Waals surface area contributed by atoms with Crippen LogP contribution in [0.3, 0.4) is 0 Å². The lowest BCUT2D eigenvalue weighted by Gasteiger charge is -2.54. The lowest BCUT2D eigenvalue weighted by Crippen LogP contribution is -2.63. The molecular weight excluding hydrogens is 567 g/mol. The van der Waals surface area contributed by atoms with Crippen LogP contribution in [0.25, 0.3) is 11.0 Å². The van der Waals surface area contributed by atoms with Gasteiger partial charge in [-0.2, -0.15) is 0 Å². The second-order valence-electron chi connectivity index (χ2n) is 12.3. The SMILES string of the molecule is CC(C)(C)OC(=O)N1CCCC2(CN(Cc3cc(F)cnc3Oc3ccc4c(nnn4CC4CC4)c3Br)C2)C1. The highest BCUT2D eigenvalue weighted by Crippen LogP contribution is 2.42. The number of carbonyl (C=O) groups is 1. The molecule has 1 aliphatic carbocycles. The molecule has 11 heteroatoms. The first kappa shape index (κ1) is 26.4. The maximum atomic E-state index is 14.3. The molecule has 3 aromatic rings. The molecule has 1 saturated carbocycles. The summed E-state index contributed by atoms with van der Waals surface area (Å²) in [5.74, 6) is 1.20. The molecule has 39 heavy (non-hydrogen) atoms. The molecule has 1 amide bonds. The van der Waals surface area contributed by atoms with E-state index in [1.807, 2.05) is 42.5 Å². The Balaban J connectivity index is 1.13. The van der Waals surface area contributed by atoms with Crippen LogP contribution in [-0.2, 0) is 17.8 Å². The number of pyridine rings is 1. The second kappa shape index (κ2) is 9.99. The number of hydrogen-bond acceptors (Lipinski definition) is 7. The smallest absolute Gasteiger partial charge is 0.410 e. The highest BCUT2D eigenvalue weighted by atomic mass is 79.9. The van der Waals surface area contributed by atoms with Crippen molar-refractivity contribution in [2.75, 3.05) is 26.2 Å². The molecule has 0 radical (unpaired) electrons. The zero-order chi connectivity index (χ0) is 27.4. The molecule has 2 aliphatic heterocycles. The van der Waals surface area contributed by atoms with Crippen molar-refractivity contribution in [3.05, 3.63) is 40.2 Å². The number of aromatic nitrogens is 4. The van der Waals surface area contributed by atoms with E-state index in [-0.39, 0.29) is 11.5 Å². The number of halogens is 2. The fourth-order valence-electron chi connectivity index (χ4n) is 5.73. The zero-order valence-electron chi connectivity index (χ0n) is 22.6. The maximum absolute atomic E-state index is 14.3. The lowest BCUT2D eigenvalue weighted by molar-refractivity contribution is -0.0636. The Labute approximate surface area is 235 Å². The third kappa shape index (κ3) is 5.75. The van der Waals surface area contributed by atoms with Crippen LogP contribution in [0.1, 0.15) is 52.0 Å². The molecule has 208 valence electrons. The van der Waals surface area contributed by atoms with Gasteiger partial charge in [0.15, 0.2) is 0 Å². The van der Waals surface area contributed by atoms with Gasteiger partial charge in [0.05, 0.1) is 16.2 Å². The Morgan fingerprint density at radius 3 is 2.77 bits per heavy atom. The van der Waals surface area contributed by atoms with Crippen molar-refractivity contribution in [1.82, 2.24) is 29.8 Å². The fraction of sp³-hybridized carbons (Fsp3) is 0.571. The number of nitrogens with zero attached hydrogens (tertiary/aromatic N) is 6. The van der Waals surface area contributed by atoms with E-state index in [2.05, 4.69) is 36.1 Å². The second-order valence-corrected chi connectivity index (χ2v) is 13.1. The summed E-state index contributed by atoms with van der Waals surface area (Å²) in [5.41, 5.74) is 1.88. The third-order valence-corrected chi connectivity index (χ3v) is 8.41. The third-order valence-electron chi connectivity index (χ3n) is 7.64. The molecular formula is C28H34BrFN6O3. The van der Waals surface area contributed by atoms with Crippen molar-refractivity contribution < 1.29 is 18.7 Å². The summed E-state index contributed by atoms with van der Waals surface area (Å²) in [4.78, 5) is 21.0. The minimum atomic E-state index is -0.513. The largest absolute Gasteiger partial charge is 0.444 e. The lowest BCUT2D eigenvalue weighted by atomic mass is 9.73. The predicted octanol–water partition coefficient (Wildman–Crippen LogP) is 5.76. The van der Waals surface area contributed by atoms with Crippen LogP contribution in [-0.4, -0.2) is 67.7 Å². The molecule has 1 aromatic carbocycles. The number of hydrogen-bond donors (Lipinski definition) is 0. The van der Waals surface area contributed by atoms with E-state index < -0.39 is 11.4 Å². The Hall–Kier alpha value is -2.79. The molecule has 1 spiro atoms. The summed E-state index contributed by atoms with van der Waals surface area (Å²) in [6, 6.07) is 5.32. The molecule has 6 rings (SSSR count). The van der Waals surface area contributed by atoms with Crippen molar-refractivity contribution in [1.29, 1.82) is 0 Å². The normalized spacial score (nSPS) is 19.4. The van der Waals surface area contributed by atoms with Crippen molar-refractivity contribution >= 4 is 33.1 Å². The zero-order valence-corrected chi connectivity index (χ0v) is 24.2. The number of carbonyl (C=O) groups excluding carboxylic acids is 1. The Morgan fingerprint density at radius 1 is 1.23 bits per heavy atom. The molecule has 2 saturated heterocycles. The number of fused-ring (bicyclic) bond motifs is 1. The van der Waals surface area contributed by atoms with E-state index in [9.17, 15) is 9.18 Å². The van der Waals surface area contributed by atoms with Crippen LogP contribution in [0.4, 0.5) is 9.18 Å². The van der Waals surface area contributed by atoms with Crippen LogP contribution in [0.15, 0.2) is 28.9 Å². The summed E-state index contributed by atoms with van der Waals surface area (Å²) in [6.45, 7) is 10.1. The summed E-state index contributed by atoms with van der Waals surface area (Å²) >= 11 is 3.64. The van der Waals surface area contributed by atoms with Crippen LogP contribution in [0, 0.1) is 17.2 Å². The van der Waals surface area contributed by atoms with E-state index in [1.165, 1.54) is 25.1 Å². The highest BCUT2D eigenvalue weighted by molar-refractivity contribution is 9.10. The predicted molar refractivity (Wildman–Crippen MR) is 147 cm³/mol. The minimum absolute atomic E-state index is 0.0390. The maximum Gasteiger partial charge on any atom is 0.410 e. The number of ether oxygens (including phenoxy) is 2. The van der Waals surface area contributed by atoms with Gasteiger partial charge in [-0.05, 0) is 86.5 Å². The fourth-order valence-corrected chi connectivity index (χ4v) is 6.22. The molecule has 2 aromatic heterocycles. The van der Waals surface area contributed by atoms with Crippen LogP contribution >= 0.6 is 15.9 Å². The molecule has 0 bridgehead atoms. The number of likely N-dealkylation sites (tertiary alicyclic amines) is 2. The molecule has 4 heterocycles. The summed E-state index contributed by atoms with van der Waals surface area (Å²) < 4.78 is 28.7. The Bertz CT molecular complexity index is 1400. The van der Waals surface area contributed by atoms with Gasteiger partial charge in [0.25, 0.3) is 0 Å². The Morgan fingerprint density at radius 2 is 2.03 bits per heavy atom. The number of amides is 1. The van der Waals surface area contributed by atoms with Gasteiger partial charge in [-0.25, -0.2) is 18.9 Å². The summed E-state index contributed by atoms with van der Waals surface area (Å²) in [7, 11) is 0. The molecule has 3 aliphatic rings. The van der Waals surface area contributed by atoms with E-state index >= 15 is 0 Å². The minimum Gasteiger partial charge on any atom is -0.444 e. The van der Waals surface area contributed by atoms with Gasteiger partial charge in [-0.3, -0.25) is 4.90 Å². The number of rotatable bonds is 6. The van der Waals surface area contributed by atoms with Gasteiger partial charge >= 0.3 is 6.09 Å². The first-order valence-corrected chi connectivity index (χ1v) is 14.4. The first-order chi connectivity index (χ1) is 18.6.